The van der Waals surface area contributed by atoms with E-state index in [1.807, 2.05) is 24.3 Å². The molecule has 2 aromatic carbocycles. The van der Waals surface area contributed by atoms with Gasteiger partial charge >= 0.3 is 0 Å². The van der Waals surface area contributed by atoms with Crippen LogP contribution >= 0.6 is 11.6 Å². The van der Waals surface area contributed by atoms with Crippen LogP contribution < -0.4 is 10.1 Å². The molecule has 0 unspecified atom stereocenters. The third kappa shape index (κ3) is 4.72. The van der Waals surface area contributed by atoms with Crippen molar-refractivity contribution in [3.63, 3.8) is 0 Å². The van der Waals surface area contributed by atoms with Gasteiger partial charge in [-0.15, -0.1) is 0 Å². The fraction of sp³-hybridized carbons (Fsp3) is 0.333. The Kier molecular flexibility index (Phi) is 6.69. The Bertz CT molecular complexity index is 583. The molecule has 0 spiro atoms. The third-order valence-corrected chi connectivity index (χ3v) is 3.78. The van der Waals surface area contributed by atoms with Crippen molar-refractivity contribution < 1.29 is 9.13 Å². The monoisotopic (exact) mass is 321 g/mol. The molecule has 118 valence electrons. The highest BCUT2D eigenvalue weighted by Gasteiger charge is 2.09. The van der Waals surface area contributed by atoms with Gasteiger partial charge in [0.2, 0.25) is 0 Å². The Labute approximate surface area is 136 Å². The predicted octanol–water partition coefficient (Wildman–Crippen LogP) is 4.95. The van der Waals surface area contributed by atoms with E-state index in [0.29, 0.717) is 10.6 Å². The lowest BCUT2D eigenvalue weighted by Gasteiger charge is -2.13. The summed E-state index contributed by atoms with van der Waals surface area (Å²) in [5.41, 5.74) is 1.45. The lowest BCUT2D eigenvalue weighted by Crippen LogP contribution is -2.15. The molecule has 0 amide bonds. The first-order chi connectivity index (χ1) is 10.7. The molecule has 0 aliphatic rings. The van der Waals surface area contributed by atoms with Gasteiger partial charge < -0.3 is 10.1 Å². The second kappa shape index (κ2) is 8.76. The number of ether oxygens (including phenoxy) is 1. The summed E-state index contributed by atoms with van der Waals surface area (Å²) in [5, 5.41) is 3.77. The number of para-hydroxylation sites is 1. The van der Waals surface area contributed by atoms with Gasteiger partial charge in [-0.3, -0.25) is 0 Å². The van der Waals surface area contributed by atoms with Crippen LogP contribution in [0.15, 0.2) is 42.5 Å². The van der Waals surface area contributed by atoms with E-state index in [9.17, 15) is 4.39 Å². The molecule has 0 atom stereocenters. The molecule has 1 N–H and O–H groups in total. The van der Waals surface area contributed by atoms with Crippen molar-refractivity contribution in [1.82, 2.24) is 5.32 Å². The molecule has 0 aliphatic heterocycles. The molecule has 2 rings (SSSR count). The average Bonchev–Trinajstić information content (AvgIpc) is 2.52. The topological polar surface area (TPSA) is 21.3 Å². The average molecular weight is 322 g/mol. The summed E-state index contributed by atoms with van der Waals surface area (Å²) in [6.07, 6.45) is 2.31. The van der Waals surface area contributed by atoms with Crippen LogP contribution in [0.4, 0.5) is 4.39 Å². The van der Waals surface area contributed by atoms with Crippen LogP contribution in [0.1, 0.15) is 30.9 Å². The molecule has 2 aromatic rings. The normalized spacial score (nSPS) is 10.7. The van der Waals surface area contributed by atoms with Crippen LogP contribution in [0.2, 0.25) is 5.02 Å². The van der Waals surface area contributed by atoms with Crippen molar-refractivity contribution in [3.05, 3.63) is 64.4 Å². The smallest absolute Gasteiger partial charge is 0.131 e. The Morgan fingerprint density at radius 1 is 1.14 bits per heavy atom. The first kappa shape index (κ1) is 16.8. The quantitative estimate of drug-likeness (QED) is 0.695. The molecule has 0 aromatic heterocycles. The van der Waals surface area contributed by atoms with Crippen LogP contribution in [0.5, 0.6) is 5.75 Å². The number of hydrogen-bond acceptors (Lipinski definition) is 2. The third-order valence-electron chi connectivity index (χ3n) is 3.43. The number of rotatable bonds is 8. The molecule has 0 saturated carbocycles. The molecule has 22 heavy (non-hydrogen) atoms. The fourth-order valence-corrected chi connectivity index (χ4v) is 2.35. The summed E-state index contributed by atoms with van der Waals surface area (Å²) in [4.78, 5) is 0. The van der Waals surface area contributed by atoms with Crippen LogP contribution in [0.3, 0.4) is 0 Å². The lowest BCUT2D eigenvalue weighted by atomic mass is 10.2. The Morgan fingerprint density at radius 2 is 1.95 bits per heavy atom. The molecule has 0 heterocycles. The van der Waals surface area contributed by atoms with E-state index in [4.69, 9.17) is 16.3 Å². The second-order valence-corrected chi connectivity index (χ2v) is 5.53. The van der Waals surface area contributed by atoms with Gasteiger partial charge in [-0.1, -0.05) is 49.2 Å². The lowest BCUT2D eigenvalue weighted by molar-refractivity contribution is 0.296. The molecular formula is C18H21ClFNO. The van der Waals surface area contributed by atoms with Crippen LogP contribution in [0, 0.1) is 5.82 Å². The zero-order chi connectivity index (χ0) is 15.8. The highest BCUT2D eigenvalue weighted by Crippen LogP contribution is 2.23. The molecule has 0 bridgehead atoms. The van der Waals surface area contributed by atoms with E-state index in [-0.39, 0.29) is 12.4 Å². The van der Waals surface area contributed by atoms with Gasteiger partial charge in [-0.25, -0.2) is 4.39 Å². The summed E-state index contributed by atoms with van der Waals surface area (Å²) < 4.78 is 19.5. The highest BCUT2D eigenvalue weighted by molar-refractivity contribution is 6.31. The minimum Gasteiger partial charge on any atom is -0.488 e. The summed E-state index contributed by atoms with van der Waals surface area (Å²) in [5.74, 6) is 0.414. The van der Waals surface area contributed by atoms with Gasteiger partial charge in [0, 0.05) is 17.7 Å². The van der Waals surface area contributed by atoms with Crippen molar-refractivity contribution in [3.8, 4) is 5.75 Å². The summed E-state index contributed by atoms with van der Waals surface area (Å²) in [6, 6.07) is 12.4. The predicted molar refractivity (Wildman–Crippen MR) is 88.8 cm³/mol. The van der Waals surface area contributed by atoms with Gasteiger partial charge in [0.05, 0.1) is 5.02 Å². The van der Waals surface area contributed by atoms with Crippen LogP contribution in [0.25, 0.3) is 0 Å². The number of halogens is 2. The second-order valence-electron chi connectivity index (χ2n) is 5.13. The van der Waals surface area contributed by atoms with Crippen molar-refractivity contribution in [2.45, 2.75) is 32.9 Å². The zero-order valence-electron chi connectivity index (χ0n) is 12.7. The zero-order valence-corrected chi connectivity index (χ0v) is 13.5. The summed E-state index contributed by atoms with van der Waals surface area (Å²) in [6.45, 7) is 4.00. The first-order valence-electron chi connectivity index (χ1n) is 7.56. The van der Waals surface area contributed by atoms with E-state index in [2.05, 4.69) is 12.2 Å². The van der Waals surface area contributed by atoms with Crippen molar-refractivity contribution in [2.75, 3.05) is 6.54 Å². The number of nitrogens with one attached hydrogen (secondary N) is 1. The van der Waals surface area contributed by atoms with Crippen LogP contribution in [-0.2, 0) is 13.2 Å². The van der Waals surface area contributed by atoms with E-state index in [1.54, 1.807) is 12.1 Å². The maximum Gasteiger partial charge on any atom is 0.131 e. The number of unbranched alkanes of at least 4 members (excludes halogenated alkanes) is 1. The van der Waals surface area contributed by atoms with Gasteiger partial charge in [-0.05, 0) is 31.2 Å². The largest absolute Gasteiger partial charge is 0.488 e. The van der Waals surface area contributed by atoms with Crippen molar-refractivity contribution in [1.29, 1.82) is 0 Å². The first-order valence-corrected chi connectivity index (χ1v) is 7.94. The molecular weight excluding hydrogens is 301 g/mol. The minimum atomic E-state index is -0.342. The van der Waals surface area contributed by atoms with E-state index in [1.165, 1.54) is 6.07 Å². The van der Waals surface area contributed by atoms with E-state index in [0.717, 1.165) is 37.2 Å². The molecule has 0 aliphatic carbocycles. The van der Waals surface area contributed by atoms with Gasteiger partial charge in [0.15, 0.2) is 0 Å². The Hall–Kier alpha value is -1.58. The molecule has 2 nitrogen and oxygen atoms in total. The summed E-state index contributed by atoms with van der Waals surface area (Å²) in [7, 11) is 0. The Morgan fingerprint density at radius 3 is 2.73 bits per heavy atom. The summed E-state index contributed by atoms with van der Waals surface area (Å²) >= 11 is 6.02. The van der Waals surface area contributed by atoms with E-state index >= 15 is 0 Å². The molecule has 0 radical (unpaired) electrons. The molecule has 4 heteroatoms. The molecule has 0 saturated heterocycles. The fourth-order valence-electron chi connectivity index (χ4n) is 2.14. The number of benzene rings is 2. The standard InChI is InChI=1S/C18H21ClFNO/c1-2-3-11-21-12-14-7-4-5-10-18(14)22-13-15-16(19)8-6-9-17(15)20/h4-10,21H,2-3,11-13H2,1H3. The Balaban J connectivity index is 2.00. The maximum atomic E-state index is 13.8. The van der Waals surface area contributed by atoms with Gasteiger partial charge in [0.1, 0.15) is 18.2 Å². The minimum absolute atomic E-state index is 0.122. The highest BCUT2D eigenvalue weighted by atomic mass is 35.5. The number of hydrogen-bond donors (Lipinski definition) is 1. The van der Waals surface area contributed by atoms with Crippen LogP contribution in [-0.4, -0.2) is 6.54 Å². The van der Waals surface area contributed by atoms with Gasteiger partial charge in [-0.2, -0.15) is 0 Å². The van der Waals surface area contributed by atoms with Crippen molar-refractivity contribution in [2.24, 2.45) is 0 Å². The van der Waals surface area contributed by atoms with Crippen molar-refractivity contribution >= 4 is 11.6 Å². The van der Waals surface area contributed by atoms with E-state index < -0.39 is 0 Å². The molecule has 0 fully saturated rings. The SMILES string of the molecule is CCCCNCc1ccccc1OCc1c(F)cccc1Cl. The van der Waals surface area contributed by atoms with Gasteiger partial charge in [0.25, 0.3) is 0 Å². The maximum absolute atomic E-state index is 13.8.